The number of benzene rings is 1. The minimum absolute atomic E-state index is 0.591. The molecule has 0 atom stereocenters. The van der Waals surface area contributed by atoms with Gasteiger partial charge in [-0.25, -0.2) is 0 Å². The smallest absolute Gasteiger partial charge is 0.157 e. The van der Waals surface area contributed by atoms with Crippen LogP contribution in [0.15, 0.2) is 36.7 Å². The lowest BCUT2D eigenvalue weighted by atomic mass is 10.1. The number of likely N-dealkylation sites (N-methyl/N-ethyl adjacent to an activating group) is 1. The highest BCUT2D eigenvalue weighted by atomic mass is 16.5. The quantitative estimate of drug-likeness (QED) is 0.774. The molecular formula is C15H21N3O. The summed E-state index contributed by atoms with van der Waals surface area (Å²) in [5, 5.41) is 7.44. The Kier molecular flexibility index (Phi) is 4.98. The largest absolute Gasteiger partial charge is 0.486 e. The molecule has 0 amide bonds. The van der Waals surface area contributed by atoms with Gasteiger partial charge in [0.1, 0.15) is 6.61 Å². The van der Waals surface area contributed by atoms with Gasteiger partial charge in [0.2, 0.25) is 0 Å². The lowest BCUT2D eigenvalue weighted by Gasteiger charge is -2.10. The Morgan fingerprint density at radius 1 is 1.26 bits per heavy atom. The van der Waals surface area contributed by atoms with Crippen molar-refractivity contribution in [3.8, 4) is 5.75 Å². The number of rotatable bonds is 7. The van der Waals surface area contributed by atoms with Gasteiger partial charge in [-0.3, -0.25) is 4.68 Å². The Morgan fingerprint density at radius 2 is 2.05 bits per heavy atom. The first kappa shape index (κ1) is 13.6. The molecule has 0 spiro atoms. The van der Waals surface area contributed by atoms with Gasteiger partial charge in [0.25, 0.3) is 0 Å². The van der Waals surface area contributed by atoms with E-state index in [1.807, 2.05) is 13.2 Å². The molecule has 0 fully saturated rings. The Bertz CT molecular complexity index is 508. The van der Waals surface area contributed by atoms with E-state index in [9.17, 15) is 0 Å². The summed E-state index contributed by atoms with van der Waals surface area (Å²) in [6.07, 6.45) is 4.64. The maximum atomic E-state index is 5.76. The summed E-state index contributed by atoms with van der Waals surface area (Å²) in [5.74, 6) is 0.809. The third-order valence-electron chi connectivity index (χ3n) is 3.02. The number of nitrogens with one attached hydrogen (secondary N) is 1. The lowest BCUT2D eigenvalue weighted by Crippen LogP contribution is -2.17. The molecule has 0 saturated heterocycles. The molecule has 0 saturated carbocycles. The number of nitrogens with zero attached hydrogens (tertiary/aromatic N) is 2. The van der Waals surface area contributed by atoms with Crippen LogP contribution >= 0.6 is 0 Å². The molecule has 0 aliphatic heterocycles. The first-order valence-corrected chi connectivity index (χ1v) is 6.68. The zero-order valence-corrected chi connectivity index (χ0v) is 11.6. The van der Waals surface area contributed by atoms with Gasteiger partial charge in [-0.05, 0) is 30.6 Å². The predicted octanol–water partition coefficient (Wildman–Crippen LogP) is 2.15. The molecule has 1 heterocycles. The first-order chi connectivity index (χ1) is 9.29. The van der Waals surface area contributed by atoms with Crippen LogP contribution in [0.5, 0.6) is 5.75 Å². The molecule has 0 aliphatic carbocycles. The van der Waals surface area contributed by atoms with Crippen molar-refractivity contribution in [1.82, 2.24) is 15.1 Å². The van der Waals surface area contributed by atoms with Gasteiger partial charge in [-0.1, -0.05) is 31.2 Å². The minimum Gasteiger partial charge on any atom is -0.486 e. The average Bonchev–Trinajstić information content (AvgIpc) is 2.84. The molecule has 4 heteroatoms. The van der Waals surface area contributed by atoms with E-state index in [1.165, 1.54) is 11.1 Å². The second kappa shape index (κ2) is 6.95. The van der Waals surface area contributed by atoms with Crippen LogP contribution in [0.2, 0.25) is 0 Å². The fraction of sp³-hybridized carbons (Fsp3) is 0.400. The molecule has 0 bridgehead atoms. The van der Waals surface area contributed by atoms with Crippen molar-refractivity contribution in [3.63, 3.8) is 0 Å². The second-order valence-corrected chi connectivity index (χ2v) is 4.51. The maximum Gasteiger partial charge on any atom is 0.157 e. The van der Waals surface area contributed by atoms with Gasteiger partial charge in [0.15, 0.2) is 5.75 Å². The van der Waals surface area contributed by atoms with Gasteiger partial charge in [0.05, 0.1) is 12.4 Å². The standard InChI is InChI=1S/C15H21N3O/c1-3-16-9-8-13-6-4-5-7-14(13)12-19-15-10-17-18(2)11-15/h4-7,10-11,16H,3,8-9,12H2,1-2H3. The SMILES string of the molecule is CCNCCc1ccccc1COc1cnn(C)c1. The summed E-state index contributed by atoms with van der Waals surface area (Å²) in [7, 11) is 1.89. The highest BCUT2D eigenvalue weighted by Crippen LogP contribution is 2.14. The normalized spacial score (nSPS) is 10.6. The molecular weight excluding hydrogens is 238 g/mol. The molecule has 19 heavy (non-hydrogen) atoms. The van der Waals surface area contributed by atoms with E-state index < -0.39 is 0 Å². The fourth-order valence-corrected chi connectivity index (χ4v) is 1.98. The van der Waals surface area contributed by atoms with Crippen LogP contribution < -0.4 is 10.1 Å². The van der Waals surface area contributed by atoms with Crippen LogP contribution in [0.4, 0.5) is 0 Å². The number of aryl methyl sites for hydroxylation is 1. The number of hydrogen-bond acceptors (Lipinski definition) is 3. The predicted molar refractivity (Wildman–Crippen MR) is 76.2 cm³/mol. The van der Waals surface area contributed by atoms with Gasteiger partial charge in [0, 0.05) is 7.05 Å². The minimum atomic E-state index is 0.591. The van der Waals surface area contributed by atoms with Gasteiger partial charge in [-0.2, -0.15) is 5.10 Å². The average molecular weight is 259 g/mol. The van der Waals surface area contributed by atoms with E-state index >= 15 is 0 Å². The summed E-state index contributed by atoms with van der Waals surface area (Å²) < 4.78 is 7.50. The number of hydrogen-bond donors (Lipinski definition) is 1. The van der Waals surface area contributed by atoms with Crippen molar-refractivity contribution in [2.45, 2.75) is 20.0 Å². The van der Waals surface area contributed by atoms with Crippen molar-refractivity contribution in [3.05, 3.63) is 47.8 Å². The van der Waals surface area contributed by atoms with Crippen molar-refractivity contribution >= 4 is 0 Å². The molecule has 102 valence electrons. The zero-order valence-electron chi connectivity index (χ0n) is 11.6. The molecule has 0 aliphatic rings. The van der Waals surface area contributed by atoms with E-state index in [0.717, 1.165) is 25.3 Å². The molecule has 1 N–H and O–H groups in total. The monoisotopic (exact) mass is 259 g/mol. The van der Waals surface area contributed by atoms with Crippen molar-refractivity contribution in [1.29, 1.82) is 0 Å². The van der Waals surface area contributed by atoms with Crippen LogP contribution in [0.1, 0.15) is 18.1 Å². The Morgan fingerprint density at radius 3 is 2.74 bits per heavy atom. The van der Waals surface area contributed by atoms with Crippen LogP contribution in [-0.4, -0.2) is 22.9 Å². The lowest BCUT2D eigenvalue weighted by molar-refractivity contribution is 0.304. The summed E-state index contributed by atoms with van der Waals surface area (Å²) >= 11 is 0. The fourth-order valence-electron chi connectivity index (χ4n) is 1.98. The molecule has 2 aromatic rings. The summed E-state index contributed by atoms with van der Waals surface area (Å²) in [5.41, 5.74) is 2.58. The van der Waals surface area contributed by atoms with Crippen molar-refractivity contribution in [2.75, 3.05) is 13.1 Å². The zero-order chi connectivity index (χ0) is 13.5. The third kappa shape index (κ3) is 4.10. The first-order valence-electron chi connectivity index (χ1n) is 6.68. The summed E-state index contributed by atoms with van der Waals surface area (Å²) in [6.45, 7) is 4.72. The van der Waals surface area contributed by atoms with E-state index in [-0.39, 0.29) is 0 Å². The van der Waals surface area contributed by atoms with E-state index in [4.69, 9.17) is 4.74 Å². The summed E-state index contributed by atoms with van der Waals surface area (Å²) in [4.78, 5) is 0. The molecule has 0 unspecified atom stereocenters. The topological polar surface area (TPSA) is 39.1 Å². The molecule has 1 aromatic carbocycles. The van der Waals surface area contributed by atoms with Gasteiger partial charge in [-0.15, -0.1) is 0 Å². The maximum absolute atomic E-state index is 5.76. The Labute approximate surface area is 114 Å². The van der Waals surface area contributed by atoms with Crippen LogP contribution in [0.3, 0.4) is 0 Å². The van der Waals surface area contributed by atoms with Gasteiger partial charge >= 0.3 is 0 Å². The van der Waals surface area contributed by atoms with Crippen LogP contribution in [0, 0.1) is 0 Å². The van der Waals surface area contributed by atoms with E-state index in [0.29, 0.717) is 6.61 Å². The van der Waals surface area contributed by atoms with Crippen molar-refractivity contribution in [2.24, 2.45) is 7.05 Å². The number of aromatic nitrogens is 2. The Balaban J connectivity index is 1.95. The number of ether oxygens (including phenoxy) is 1. The second-order valence-electron chi connectivity index (χ2n) is 4.51. The van der Waals surface area contributed by atoms with Crippen LogP contribution in [0.25, 0.3) is 0 Å². The Hall–Kier alpha value is -1.81. The van der Waals surface area contributed by atoms with E-state index in [1.54, 1.807) is 10.9 Å². The molecule has 1 aromatic heterocycles. The van der Waals surface area contributed by atoms with Crippen molar-refractivity contribution < 1.29 is 4.74 Å². The molecule has 4 nitrogen and oxygen atoms in total. The van der Waals surface area contributed by atoms with E-state index in [2.05, 4.69) is 41.6 Å². The highest BCUT2D eigenvalue weighted by molar-refractivity contribution is 5.27. The third-order valence-corrected chi connectivity index (χ3v) is 3.02. The van der Waals surface area contributed by atoms with Crippen LogP contribution in [-0.2, 0) is 20.1 Å². The summed E-state index contributed by atoms with van der Waals surface area (Å²) in [6, 6.07) is 8.42. The molecule has 2 rings (SSSR count). The molecule has 0 radical (unpaired) electrons. The van der Waals surface area contributed by atoms with Gasteiger partial charge < -0.3 is 10.1 Å². The highest BCUT2D eigenvalue weighted by Gasteiger charge is 2.03.